The van der Waals surface area contributed by atoms with Crippen LogP contribution in [0.15, 0.2) is 57.3 Å². The molecule has 1 atom stereocenters. The summed E-state index contributed by atoms with van der Waals surface area (Å²) in [5, 5.41) is 6.58. The molecule has 190 valence electrons. The highest BCUT2D eigenvalue weighted by atomic mass is 32.2. The number of aliphatic imine (C=N–C) groups is 1. The maximum absolute atomic E-state index is 13.2. The van der Waals surface area contributed by atoms with Gasteiger partial charge in [-0.25, -0.2) is 13.4 Å². The van der Waals surface area contributed by atoms with E-state index in [0.29, 0.717) is 9.90 Å². The van der Waals surface area contributed by atoms with E-state index in [1.54, 1.807) is 24.6 Å². The van der Waals surface area contributed by atoms with Crippen LogP contribution in [0.3, 0.4) is 0 Å². The zero-order valence-electron chi connectivity index (χ0n) is 20.4. The van der Waals surface area contributed by atoms with E-state index in [0.717, 1.165) is 67.6 Å². The Balaban J connectivity index is 1.12. The summed E-state index contributed by atoms with van der Waals surface area (Å²) < 4.78 is 30.3. The Bertz CT molecular complexity index is 1390. The summed E-state index contributed by atoms with van der Waals surface area (Å²) in [4.78, 5) is 12.0. The van der Waals surface area contributed by atoms with Crippen LogP contribution in [0.25, 0.3) is 0 Å². The van der Waals surface area contributed by atoms with Crippen molar-refractivity contribution in [3.63, 3.8) is 0 Å². The van der Waals surface area contributed by atoms with E-state index < -0.39 is 10.0 Å². The average molecular weight is 543 g/mol. The molecule has 0 bridgehead atoms. The molecule has 36 heavy (non-hydrogen) atoms. The van der Waals surface area contributed by atoms with Gasteiger partial charge in [0.15, 0.2) is 0 Å². The smallest absolute Gasteiger partial charge is 0.273 e. The first-order valence-electron chi connectivity index (χ1n) is 12.2. The maximum atomic E-state index is 13.2. The van der Waals surface area contributed by atoms with E-state index in [9.17, 15) is 8.42 Å². The van der Waals surface area contributed by atoms with Crippen LogP contribution < -0.4 is 9.62 Å². The minimum Gasteiger partial charge on any atom is -0.374 e. The highest BCUT2D eigenvalue weighted by molar-refractivity contribution is 8.15. The molecule has 0 radical (unpaired) electrons. The molecule has 5 heterocycles. The largest absolute Gasteiger partial charge is 0.374 e. The standard InChI is InChI=1S/C25H30N6O2S3/c1-29-13-10-26-21(29)16-31-11-8-25(9-12-31)17-27-24(35-25)19-15-18-5-3-6-20(23(18)28-19)30(2)36(32,33)22-7-4-14-34-22/h3-7,10,13-14,19,28H,8-9,11-12,15-17H2,1-2H3. The second-order valence-corrected chi connectivity index (χ2v) is 14.4. The number of aryl methyl sites for hydroxylation is 1. The van der Waals surface area contributed by atoms with Crippen molar-refractivity contribution < 1.29 is 8.42 Å². The zero-order valence-corrected chi connectivity index (χ0v) is 22.9. The highest BCUT2D eigenvalue weighted by Gasteiger charge is 2.43. The van der Waals surface area contributed by atoms with Crippen molar-refractivity contribution in [1.29, 1.82) is 0 Å². The number of fused-ring (bicyclic) bond motifs is 1. The van der Waals surface area contributed by atoms with Crippen molar-refractivity contribution in [2.75, 3.05) is 36.3 Å². The van der Waals surface area contributed by atoms with E-state index in [-0.39, 0.29) is 10.8 Å². The summed E-state index contributed by atoms with van der Waals surface area (Å²) in [6.07, 6.45) is 6.91. The van der Waals surface area contributed by atoms with Gasteiger partial charge in [-0.05, 0) is 35.9 Å². The molecule has 0 aliphatic carbocycles. The third kappa shape index (κ3) is 4.25. The van der Waals surface area contributed by atoms with Gasteiger partial charge in [0.25, 0.3) is 10.0 Å². The number of nitrogens with zero attached hydrogens (tertiary/aromatic N) is 5. The molecule has 1 spiro atoms. The zero-order chi connectivity index (χ0) is 24.9. The van der Waals surface area contributed by atoms with E-state index >= 15 is 0 Å². The van der Waals surface area contributed by atoms with Crippen LogP contribution in [0.5, 0.6) is 0 Å². The number of hydrogen-bond donors (Lipinski definition) is 1. The summed E-state index contributed by atoms with van der Waals surface area (Å²) in [5.41, 5.74) is 2.73. The van der Waals surface area contributed by atoms with Gasteiger partial charge >= 0.3 is 0 Å². The first-order valence-corrected chi connectivity index (χ1v) is 15.3. The lowest BCUT2D eigenvalue weighted by Gasteiger charge is -2.38. The lowest BCUT2D eigenvalue weighted by atomic mass is 9.96. The van der Waals surface area contributed by atoms with Crippen molar-refractivity contribution in [2.24, 2.45) is 12.0 Å². The Morgan fingerprint density at radius 2 is 2.06 bits per heavy atom. The lowest BCUT2D eigenvalue weighted by molar-refractivity contribution is 0.190. The third-order valence-electron chi connectivity index (χ3n) is 7.52. The van der Waals surface area contributed by atoms with Crippen molar-refractivity contribution in [1.82, 2.24) is 14.5 Å². The Labute approximate surface area is 220 Å². The quantitative estimate of drug-likeness (QED) is 0.510. The van der Waals surface area contributed by atoms with Crippen LogP contribution >= 0.6 is 23.1 Å². The molecule has 1 fully saturated rings. The number of hydrogen-bond acceptors (Lipinski definition) is 8. The van der Waals surface area contributed by atoms with Gasteiger partial charge in [0.2, 0.25) is 0 Å². The van der Waals surface area contributed by atoms with Crippen molar-refractivity contribution >= 4 is 49.5 Å². The molecule has 0 saturated carbocycles. The first kappa shape index (κ1) is 24.0. The van der Waals surface area contributed by atoms with Gasteiger partial charge in [0, 0.05) is 50.7 Å². The molecule has 3 aliphatic rings. The van der Waals surface area contributed by atoms with E-state index in [2.05, 4.69) is 25.8 Å². The number of sulfonamides is 1. The molecule has 3 aliphatic heterocycles. The third-order valence-corrected chi connectivity index (χ3v) is 12.3. The summed E-state index contributed by atoms with van der Waals surface area (Å²) in [5.74, 6) is 1.11. The fourth-order valence-electron chi connectivity index (χ4n) is 5.27. The predicted molar refractivity (Wildman–Crippen MR) is 148 cm³/mol. The molecule has 8 nitrogen and oxygen atoms in total. The second kappa shape index (κ2) is 9.20. The number of thiophene rings is 1. The monoisotopic (exact) mass is 542 g/mol. The molecule has 1 saturated heterocycles. The van der Waals surface area contributed by atoms with Crippen LogP contribution in [-0.4, -0.2) is 65.4 Å². The Hall–Kier alpha value is -2.34. The Morgan fingerprint density at radius 3 is 2.78 bits per heavy atom. The molecular formula is C25H30N6O2S3. The molecule has 1 N–H and O–H groups in total. The van der Waals surface area contributed by atoms with Gasteiger partial charge in [-0.15, -0.1) is 23.1 Å². The first-order chi connectivity index (χ1) is 17.3. The van der Waals surface area contributed by atoms with Crippen molar-refractivity contribution in [2.45, 2.75) is 40.8 Å². The van der Waals surface area contributed by atoms with Crippen molar-refractivity contribution in [3.05, 3.63) is 59.5 Å². The summed E-state index contributed by atoms with van der Waals surface area (Å²) >= 11 is 3.18. The van der Waals surface area contributed by atoms with Gasteiger partial charge in [-0.1, -0.05) is 18.2 Å². The molecule has 3 aromatic rings. The molecular weight excluding hydrogens is 513 g/mol. The number of piperidine rings is 1. The summed E-state index contributed by atoms with van der Waals surface area (Å²) in [6.45, 7) is 3.85. The van der Waals surface area contributed by atoms with Crippen LogP contribution in [0.4, 0.5) is 11.4 Å². The Kier molecular flexibility index (Phi) is 6.14. The molecule has 0 amide bonds. The molecule has 1 aromatic carbocycles. The fraction of sp³-hybridized carbons (Fsp3) is 0.440. The number of thioether (sulfide) groups is 1. The number of likely N-dealkylation sites (tertiary alicyclic amines) is 1. The highest BCUT2D eigenvalue weighted by Crippen LogP contribution is 2.45. The number of rotatable bonds is 6. The number of imidazole rings is 1. The van der Waals surface area contributed by atoms with Gasteiger partial charge in [0.1, 0.15) is 10.0 Å². The van der Waals surface area contributed by atoms with Crippen LogP contribution in [0, 0.1) is 0 Å². The van der Waals surface area contributed by atoms with Gasteiger partial charge < -0.3 is 9.88 Å². The van der Waals surface area contributed by atoms with Crippen LogP contribution in [-0.2, 0) is 30.0 Å². The summed E-state index contributed by atoms with van der Waals surface area (Å²) in [6, 6.07) is 9.42. The van der Waals surface area contributed by atoms with Crippen molar-refractivity contribution in [3.8, 4) is 0 Å². The lowest BCUT2D eigenvalue weighted by Crippen LogP contribution is -2.43. The number of para-hydroxylation sites is 1. The maximum Gasteiger partial charge on any atom is 0.273 e. The normalized spacial score (nSPS) is 21.4. The molecule has 2 aromatic heterocycles. The topological polar surface area (TPSA) is 82.8 Å². The van der Waals surface area contributed by atoms with Gasteiger partial charge in [0.05, 0.1) is 35.5 Å². The molecule has 6 rings (SSSR count). The minimum atomic E-state index is -3.59. The van der Waals surface area contributed by atoms with E-state index in [1.807, 2.05) is 43.3 Å². The summed E-state index contributed by atoms with van der Waals surface area (Å²) in [7, 11) is 0.0937. The number of aromatic nitrogens is 2. The second-order valence-electron chi connectivity index (χ2n) is 9.79. The van der Waals surface area contributed by atoms with Gasteiger partial charge in [-0.2, -0.15) is 0 Å². The van der Waals surface area contributed by atoms with Crippen LogP contribution in [0.2, 0.25) is 0 Å². The molecule has 11 heteroatoms. The number of anilines is 2. The van der Waals surface area contributed by atoms with Gasteiger partial charge in [-0.3, -0.25) is 14.2 Å². The average Bonchev–Trinajstić information content (AvgIpc) is 3.68. The number of nitrogens with one attached hydrogen (secondary N) is 1. The SMILES string of the molecule is CN(c1cccc2c1NC(C1=NCC3(CCN(Cc4nccn4C)CC3)S1)C2)S(=O)(=O)c1cccs1. The molecule has 1 unspecified atom stereocenters. The van der Waals surface area contributed by atoms with E-state index in [1.165, 1.54) is 15.6 Å². The Morgan fingerprint density at radius 1 is 1.22 bits per heavy atom. The fourth-order valence-corrected chi connectivity index (χ4v) is 9.01. The van der Waals surface area contributed by atoms with E-state index in [4.69, 9.17) is 4.99 Å². The minimum absolute atomic E-state index is 0.0916. The number of benzene rings is 1. The van der Waals surface area contributed by atoms with Crippen LogP contribution in [0.1, 0.15) is 24.2 Å². The predicted octanol–water partition coefficient (Wildman–Crippen LogP) is 3.82.